The molecular weight excluding hydrogens is 442 g/mol. The lowest BCUT2D eigenvalue weighted by Gasteiger charge is -2.59. The lowest BCUT2D eigenvalue weighted by atomic mass is 9.53. The van der Waals surface area contributed by atoms with E-state index in [4.69, 9.17) is 9.47 Å². The lowest BCUT2D eigenvalue weighted by molar-refractivity contribution is -0.164. The summed E-state index contributed by atoms with van der Waals surface area (Å²) >= 11 is 0. The van der Waals surface area contributed by atoms with Crippen LogP contribution in [0, 0.1) is 11.8 Å². The van der Waals surface area contributed by atoms with Crippen LogP contribution >= 0.6 is 0 Å². The van der Waals surface area contributed by atoms with E-state index in [0.29, 0.717) is 36.7 Å². The Balaban J connectivity index is 1.34. The minimum atomic E-state index is -1.11. The number of ether oxygens (including phenoxy) is 2. The van der Waals surface area contributed by atoms with Crippen molar-refractivity contribution in [2.24, 2.45) is 11.8 Å². The van der Waals surface area contributed by atoms with Gasteiger partial charge in [0.05, 0.1) is 11.0 Å². The topological polar surface area (TPSA) is 76.1 Å². The van der Waals surface area contributed by atoms with Crippen molar-refractivity contribution < 1.29 is 24.2 Å². The summed E-state index contributed by atoms with van der Waals surface area (Å²) < 4.78 is 12.3. The number of esters is 1. The summed E-state index contributed by atoms with van der Waals surface area (Å²) in [5.41, 5.74) is 0.116. The highest BCUT2D eigenvalue weighted by atomic mass is 16.6. The number of hydrogen-bond donors (Lipinski definition) is 1. The van der Waals surface area contributed by atoms with Gasteiger partial charge in [-0.15, -0.1) is 0 Å². The van der Waals surface area contributed by atoms with Gasteiger partial charge >= 0.3 is 5.97 Å². The zero-order valence-electron chi connectivity index (χ0n) is 21.2. The molecule has 1 aromatic rings. The van der Waals surface area contributed by atoms with Crippen molar-refractivity contribution in [1.29, 1.82) is 0 Å². The number of likely N-dealkylation sites (tertiary alicyclic amines) is 1. The number of aliphatic hydroxyl groups is 1. The average Bonchev–Trinajstić information content (AvgIpc) is 3.35. The third-order valence-electron chi connectivity index (χ3n) is 9.82. The predicted molar refractivity (Wildman–Crippen MR) is 132 cm³/mol. The summed E-state index contributed by atoms with van der Waals surface area (Å²) in [6, 6.07) is 3.83. The van der Waals surface area contributed by atoms with Crippen molar-refractivity contribution in [2.75, 3.05) is 13.1 Å². The molecule has 0 aromatic heterocycles. The first-order valence-corrected chi connectivity index (χ1v) is 13.9. The molecule has 3 fully saturated rings. The van der Waals surface area contributed by atoms with Gasteiger partial charge in [0.25, 0.3) is 0 Å². The zero-order chi connectivity index (χ0) is 24.4. The third kappa shape index (κ3) is 3.66. The van der Waals surface area contributed by atoms with Crippen molar-refractivity contribution in [1.82, 2.24) is 4.90 Å². The molecule has 0 amide bonds. The Bertz CT molecular complexity index is 1020. The number of rotatable bonds is 8. The molecule has 2 aliphatic heterocycles. The Morgan fingerprint density at radius 3 is 2.66 bits per heavy atom. The monoisotopic (exact) mass is 481 g/mol. The van der Waals surface area contributed by atoms with Gasteiger partial charge in [0.1, 0.15) is 0 Å². The number of ketones is 1. The number of hydrogen-bond acceptors (Lipinski definition) is 6. The molecule has 1 aromatic carbocycles. The molecule has 1 N–H and O–H groups in total. The van der Waals surface area contributed by atoms with Crippen LogP contribution in [0.15, 0.2) is 12.1 Å². The van der Waals surface area contributed by atoms with Crippen LogP contribution in [0.5, 0.6) is 11.5 Å². The van der Waals surface area contributed by atoms with Gasteiger partial charge in [-0.1, -0.05) is 38.7 Å². The van der Waals surface area contributed by atoms with Crippen molar-refractivity contribution >= 4 is 11.8 Å². The van der Waals surface area contributed by atoms with E-state index in [-0.39, 0.29) is 17.8 Å². The Labute approximate surface area is 208 Å². The van der Waals surface area contributed by atoms with Gasteiger partial charge in [-0.2, -0.15) is 0 Å². The van der Waals surface area contributed by atoms with Crippen molar-refractivity contribution in [3.05, 3.63) is 23.3 Å². The number of fused-ring (bicyclic) bond motifs is 1. The number of benzene rings is 1. The Morgan fingerprint density at radius 1 is 1.17 bits per heavy atom. The minimum absolute atomic E-state index is 0.00206. The first kappa shape index (κ1) is 23.5. The van der Waals surface area contributed by atoms with Crippen molar-refractivity contribution in [2.45, 2.75) is 108 Å². The summed E-state index contributed by atoms with van der Waals surface area (Å²) in [6.45, 7) is 5.63. The fraction of sp³-hybridized carbons (Fsp3) is 0.724. The minimum Gasteiger partial charge on any atom is -0.477 e. The highest BCUT2D eigenvalue weighted by Gasteiger charge is 2.69. The summed E-state index contributed by atoms with van der Waals surface area (Å²) in [5.74, 6) is 2.03. The lowest BCUT2D eigenvalue weighted by Crippen LogP contribution is -2.73. The number of carbonyl (C=O) groups excluding carboxylic acids is 2. The Hall–Kier alpha value is -1.92. The van der Waals surface area contributed by atoms with Crippen LogP contribution in [0.25, 0.3) is 0 Å². The van der Waals surface area contributed by atoms with Crippen LogP contribution < -0.4 is 9.47 Å². The highest BCUT2D eigenvalue weighted by molar-refractivity contribution is 5.88. The highest BCUT2D eigenvalue weighted by Crippen LogP contribution is 2.62. The number of Topliss-reactive ketones (excluding diaryl/α,β-unsaturated/α-hetero) is 1. The van der Waals surface area contributed by atoms with Gasteiger partial charge in [-0.25, -0.2) is 0 Å². The van der Waals surface area contributed by atoms with Crippen molar-refractivity contribution in [3.8, 4) is 11.5 Å². The quantitative estimate of drug-likeness (QED) is 0.440. The molecule has 4 atom stereocenters. The van der Waals surface area contributed by atoms with Crippen LogP contribution in [0.3, 0.4) is 0 Å². The summed E-state index contributed by atoms with van der Waals surface area (Å²) in [7, 11) is 0. The molecule has 5 aliphatic rings. The third-order valence-corrected chi connectivity index (χ3v) is 9.82. The van der Waals surface area contributed by atoms with E-state index in [9.17, 15) is 14.7 Å². The second kappa shape index (κ2) is 8.58. The fourth-order valence-corrected chi connectivity index (χ4v) is 7.67. The van der Waals surface area contributed by atoms with E-state index >= 15 is 0 Å². The Kier molecular flexibility index (Phi) is 5.76. The van der Waals surface area contributed by atoms with E-state index < -0.39 is 17.1 Å². The van der Waals surface area contributed by atoms with Gasteiger partial charge in [0.2, 0.25) is 0 Å². The maximum absolute atomic E-state index is 13.3. The van der Waals surface area contributed by atoms with Crippen LogP contribution in [-0.4, -0.2) is 52.6 Å². The van der Waals surface area contributed by atoms with Crippen LogP contribution in [0.1, 0.15) is 89.2 Å². The smallest absolute Gasteiger partial charge is 0.311 e. The second-order valence-corrected chi connectivity index (χ2v) is 11.9. The maximum Gasteiger partial charge on any atom is 0.311 e. The molecule has 6 rings (SSSR count). The maximum atomic E-state index is 13.3. The molecule has 1 saturated heterocycles. The van der Waals surface area contributed by atoms with Crippen LogP contribution in [0.2, 0.25) is 0 Å². The molecule has 2 heterocycles. The standard InChI is InChI=1S/C29H39NO5/c1-3-21(31)27-29-14-15-30(17-19-8-9-19)23(28(29,2)33)16-20-11-12-22(26(35-27)25(20)29)34-24(32)13-10-18-6-4-5-7-18/h11-12,18-19,23,27,33H,3-10,13-17H2,1-2H3/t23?,27-,28+,29-/m0/s1. The summed E-state index contributed by atoms with van der Waals surface area (Å²) in [6.07, 6.45) is 9.73. The number of carbonyl (C=O) groups is 2. The molecule has 0 radical (unpaired) electrons. The molecule has 1 spiro atoms. The first-order valence-electron chi connectivity index (χ1n) is 13.9. The molecule has 6 heteroatoms. The molecule has 2 bridgehead atoms. The molecule has 3 aliphatic carbocycles. The van der Waals surface area contributed by atoms with E-state index in [1.807, 2.05) is 26.0 Å². The summed E-state index contributed by atoms with van der Waals surface area (Å²) in [5, 5.41) is 12.2. The largest absolute Gasteiger partial charge is 0.477 e. The summed E-state index contributed by atoms with van der Waals surface area (Å²) in [4.78, 5) is 28.5. The zero-order valence-corrected chi connectivity index (χ0v) is 21.2. The Morgan fingerprint density at radius 2 is 1.94 bits per heavy atom. The fourth-order valence-electron chi connectivity index (χ4n) is 7.67. The van der Waals surface area contributed by atoms with E-state index in [1.165, 1.54) is 38.5 Å². The molecule has 35 heavy (non-hydrogen) atoms. The molecule has 1 unspecified atom stereocenters. The van der Waals surface area contributed by atoms with Crippen LogP contribution in [-0.2, 0) is 21.4 Å². The molecular formula is C29H39NO5. The molecule has 6 nitrogen and oxygen atoms in total. The SMILES string of the molecule is CCC(=O)[C@@H]1Oc2c(OC(=O)CCC3CCCC3)ccc3c2[C@@]12CCN(CC1CC1)C(C3)[C@@]2(C)O. The van der Waals surface area contributed by atoms with Gasteiger partial charge in [-0.3, -0.25) is 14.5 Å². The number of nitrogens with zero attached hydrogens (tertiary/aromatic N) is 1. The van der Waals surface area contributed by atoms with Gasteiger partial charge in [0.15, 0.2) is 23.4 Å². The van der Waals surface area contributed by atoms with Gasteiger partial charge in [-0.05, 0) is 69.0 Å². The van der Waals surface area contributed by atoms with E-state index in [2.05, 4.69) is 4.90 Å². The predicted octanol–water partition coefficient (Wildman–Crippen LogP) is 4.33. The second-order valence-electron chi connectivity index (χ2n) is 11.9. The normalized spacial score (nSPS) is 33.9. The van der Waals surface area contributed by atoms with Gasteiger partial charge in [0, 0.05) is 31.0 Å². The van der Waals surface area contributed by atoms with E-state index in [0.717, 1.165) is 43.0 Å². The van der Waals surface area contributed by atoms with Gasteiger partial charge < -0.3 is 14.6 Å². The molecule has 190 valence electrons. The van der Waals surface area contributed by atoms with Crippen molar-refractivity contribution in [3.63, 3.8) is 0 Å². The molecule has 2 saturated carbocycles. The van der Waals surface area contributed by atoms with Crippen LogP contribution in [0.4, 0.5) is 0 Å². The first-order chi connectivity index (χ1) is 16.8. The van der Waals surface area contributed by atoms with E-state index in [1.54, 1.807) is 0 Å². The average molecular weight is 482 g/mol. The number of piperidine rings is 1.